The number of hydrogen-bond donors (Lipinski definition) is 2. The van der Waals surface area contributed by atoms with Crippen molar-refractivity contribution < 1.29 is 37.3 Å². The quantitative estimate of drug-likeness (QED) is 0.791. The van der Waals surface area contributed by atoms with Crippen LogP contribution in [0.15, 0.2) is 42.5 Å². The second kappa shape index (κ2) is 7.77. The Morgan fingerprint density at radius 1 is 1.12 bits per heavy atom. The first-order valence-corrected chi connectivity index (χ1v) is 7.22. The monoisotopic (exact) mass is 369 g/mol. The average molecular weight is 369 g/mol. The SMILES string of the molecule is COc1ccc(C(=O)OCC(=O)Nc2ccc(C(F)(F)F)cc2)c(O)c1. The van der Waals surface area contributed by atoms with Crippen molar-refractivity contribution in [3.05, 3.63) is 53.6 Å². The third-order valence-corrected chi connectivity index (χ3v) is 3.26. The first-order chi connectivity index (χ1) is 12.2. The Labute approximate surface area is 146 Å². The van der Waals surface area contributed by atoms with Crippen molar-refractivity contribution in [2.45, 2.75) is 6.18 Å². The number of carbonyl (C=O) groups excluding carboxylic acids is 2. The molecular weight excluding hydrogens is 355 g/mol. The molecule has 2 aromatic carbocycles. The Kier molecular flexibility index (Phi) is 5.71. The zero-order valence-electron chi connectivity index (χ0n) is 13.5. The molecule has 0 bridgehead atoms. The lowest BCUT2D eigenvalue weighted by Crippen LogP contribution is -2.21. The standard InChI is InChI=1S/C17H14F3NO5/c1-25-12-6-7-13(14(22)8-12)16(24)26-9-15(23)21-11-4-2-10(3-5-11)17(18,19)20/h2-8,22H,9H2,1H3,(H,21,23). The largest absolute Gasteiger partial charge is 0.507 e. The van der Waals surface area contributed by atoms with E-state index < -0.39 is 30.2 Å². The lowest BCUT2D eigenvalue weighted by molar-refractivity contribution is -0.137. The van der Waals surface area contributed by atoms with Crippen LogP contribution in [-0.2, 0) is 15.7 Å². The highest BCUT2D eigenvalue weighted by molar-refractivity contribution is 5.96. The minimum Gasteiger partial charge on any atom is -0.507 e. The van der Waals surface area contributed by atoms with E-state index in [1.165, 1.54) is 25.3 Å². The first-order valence-electron chi connectivity index (χ1n) is 7.22. The van der Waals surface area contributed by atoms with E-state index in [1.807, 2.05) is 0 Å². The number of methoxy groups -OCH3 is 1. The van der Waals surface area contributed by atoms with E-state index >= 15 is 0 Å². The number of alkyl halides is 3. The summed E-state index contributed by atoms with van der Waals surface area (Å²) >= 11 is 0. The third-order valence-electron chi connectivity index (χ3n) is 3.26. The van der Waals surface area contributed by atoms with Crippen LogP contribution in [0.1, 0.15) is 15.9 Å². The molecular formula is C17H14F3NO5. The van der Waals surface area contributed by atoms with Crippen molar-refractivity contribution in [3.63, 3.8) is 0 Å². The highest BCUT2D eigenvalue weighted by Crippen LogP contribution is 2.29. The molecule has 0 radical (unpaired) electrons. The van der Waals surface area contributed by atoms with Crippen LogP contribution < -0.4 is 10.1 Å². The van der Waals surface area contributed by atoms with Gasteiger partial charge in [0.25, 0.3) is 5.91 Å². The molecule has 1 amide bonds. The topological polar surface area (TPSA) is 84.9 Å². The molecule has 0 spiro atoms. The van der Waals surface area contributed by atoms with Crippen LogP contribution in [0.3, 0.4) is 0 Å². The lowest BCUT2D eigenvalue weighted by atomic mass is 10.2. The number of rotatable bonds is 5. The number of hydrogen-bond acceptors (Lipinski definition) is 5. The molecule has 0 aromatic heterocycles. The number of halogens is 3. The summed E-state index contributed by atoms with van der Waals surface area (Å²) in [6.45, 7) is -0.675. The number of carbonyl (C=O) groups is 2. The van der Waals surface area contributed by atoms with Crippen LogP contribution >= 0.6 is 0 Å². The number of benzene rings is 2. The van der Waals surface area contributed by atoms with Gasteiger partial charge in [-0.2, -0.15) is 13.2 Å². The van der Waals surface area contributed by atoms with Gasteiger partial charge in [0.1, 0.15) is 17.1 Å². The van der Waals surface area contributed by atoms with Crippen molar-refractivity contribution in [3.8, 4) is 11.5 Å². The average Bonchev–Trinajstić information content (AvgIpc) is 2.59. The molecule has 0 fully saturated rings. The zero-order chi connectivity index (χ0) is 19.3. The molecule has 0 saturated carbocycles. The smallest absolute Gasteiger partial charge is 0.416 e. The summed E-state index contributed by atoms with van der Waals surface area (Å²) in [6.07, 6.45) is -4.47. The van der Waals surface area contributed by atoms with Gasteiger partial charge >= 0.3 is 12.1 Å². The van der Waals surface area contributed by atoms with Crippen molar-refractivity contribution >= 4 is 17.6 Å². The molecule has 0 heterocycles. The maximum Gasteiger partial charge on any atom is 0.416 e. The van der Waals surface area contributed by atoms with Crippen LogP contribution in [0.2, 0.25) is 0 Å². The van der Waals surface area contributed by atoms with Gasteiger partial charge in [0.2, 0.25) is 0 Å². The van der Waals surface area contributed by atoms with Crippen molar-refractivity contribution in [1.82, 2.24) is 0 Å². The normalized spacial score (nSPS) is 10.9. The zero-order valence-corrected chi connectivity index (χ0v) is 13.5. The van der Waals surface area contributed by atoms with Crippen molar-refractivity contribution in [2.75, 3.05) is 19.0 Å². The number of phenols is 1. The van der Waals surface area contributed by atoms with Crippen LogP contribution in [-0.4, -0.2) is 30.7 Å². The summed E-state index contributed by atoms with van der Waals surface area (Å²) in [6, 6.07) is 7.70. The fourth-order valence-corrected chi connectivity index (χ4v) is 1.96. The molecule has 9 heteroatoms. The van der Waals surface area contributed by atoms with E-state index in [4.69, 9.17) is 9.47 Å². The van der Waals surface area contributed by atoms with Gasteiger partial charge in [-0.1, -0.05) is 0 Å². The highest BCUT2D eigenvalue weighted by atomic mass is 19.4. The fourth-order valence-electron chi connectivity index (χ4n) is 1.96. The van der Waals surface area contributed by atoms with E-state index in [0.717, 1.165) is 24.3 Å². The number of ether oxygens (including phenoxy) is 2. The van der Waals surface area contributed by atoms with Crippen LogP contribution in [0.5, 0.6) is 11.5 Å². The van der Waals surface area contributed by atoms with Gasteiger partial charge in [-0.3, -0.25) is 4.79 Å². The Morgan fingerprint density at radius 3 is 2.31 bits per heavy atom. The van der Waals surface area contributed by atoms with E-state index in [1.54, 1.807) is 0 Å². The second-order valence-corrected chi connectivity index (χ2v) is 5.08. The van der Waals surface area contributed by atoms with E-state index in [9.17, 15) is 27.9 Å². The van der Waals surface area contributed by atoms with Crippen LogP contribution in [0.25, 0.3) is 0 Å². The minimum absolute atomic E-state index is 0.117. The van der Waals surface area contributed by atoms with E-state index in [-0.39, 0.29) is 17.0 Å². The molecule has 0 unspecified atom stereocenters. The predicted molar refractivity (Wildman–Crippen MR) is 85.0 cm³/mol. The number of nitrogens with one attached hydrogen (secondary N) is 1. The number of esters is 1. The Bertz CT molecular complexity index is 803. The molecule has 0 aliphatic rings. The number of aromatic hydroxyl groups is 1. The van der Waals surface area contributed by atoms with Gasteiger partial charge in [0.05, 0.1) is 12.7 Å². The molecule has 2 N–H and O–H groups in total. The Balaban J connectivity index is 1.91. The molecule has 0 atom stereocenters. The number of amides is 1. The summed E-state index contributed by atoms with van der Waals surface area (Å²) < 4.78 is 47.0. The molecule has 2 aromatic rings. The molecule has 26 heavy (non-hydrogen) atoms. The van der Waals surface area contributed by atoms with Gasteiger partial charge in [0.15, 0.2) is 6.61 Å². The van der Waals surface area contributed by atoms with E-state index in [2.05, 4.69) is 5.32 Å². The van der Waals surface area contributed by atoms with Crippen LogP contribution in [0, 0.1) is 0 Å². The van der Waals surface area contributed by atoms with Gasteiger partial charge < -0.3 is 19.9 Å². The minimum atomic E-state index is -4.47. The fraction of sp³-hybridized carbons (Fsp3) is 0.176. The first kappa shape index (κ1) is 19.1. The maximum absolute atomic E-state index is 12.5. The maximum atomic E-state index is 12.5. The molecule has 6 nitrogen and oxygen atoms in total. The van der Waals surface area contributed by atoms with E-state index in [0.29, 0.717) is 5.75 Å². The molecule has 0 saturated heterocycles. The third kappa shape index (κ3) is 4.88. The van der Waals surface area contributed by atoms with Crippen LogP contribution in [0.4, 0.5) is 18.9 Å². The summed E-state index contributed by atoms with van der Waals surface area (Å²) in [4.78, 5) is 23.6. The second-order valence-electron chi connectivity index (χ2n) is 5.08. The molecule has 0 aliphatic carbocycles. The number of phenolic OH excluding ortho intramolecular Hbond substituents is 1. The predicted octanol–water partition coefficient (Wildman–Crippen LogP) is 3.22. The van der Waals surface area contributed by atoms with Crippen molar-refractivity contribution in [2.24, 2.45) is 0 Å². The Morgan fingerprint density at radius 2 is 1.77 bits per heavy atom. The summed E-state index contributed by atoms with van der Waals surface area (Å²) in [5.74, 6) is -1.73. The van der Waals surface area contributed by atoms with Gasteiger partial charge in [0, 0.05) is 11.8 Å². The lowest BCUT2D eigenvalue weighted by Gasteiger charge is -2.10. The van der Waals surface area contributed by atoms with Gasteiger partial charge in [-0.25, -0.2) is 4.79 Å². The summed E-state index contributed by atoms with van der Waals surface area (Å²) in [5, 5.41) is 12.0. The Hall–Kier alpha value is -3.23. The molecule has 138 valence electrons. The molecule has 0 aliphatic heterocycles. The summed E-state index contributed by atoms with van der Waals surface area (Å²) in [7, 11) is 1.39. The van der Waals surface area contributed by atoms with Crippen molar-refractivity contribution in [1.29, 1.82) is 0 Å². The highest BCUT2D eigenvalue weighted by Gasteiger charge is 2.30. The number of anilines is 1. The van der Waals surface area contributed by atoms with Gasteiger partial charge in [-0.15, -0.1) is 0 Å². The summed E-state index contributed by atoms with van der Waals surface area (Å²) in [5.41, 5.74) is -0.892. The van der Waals surface area contributed by atoms with Gasteiger partial charge in [-0.05, 0) is 36.4 Å². The molecule has 2 rings (SSSR count).